The van der Waals surface area contributed by atoms with Gasteiger partial charge in [0.1, 0.15) is 5.75 Å². The number of pyridine rings is 2. The van der Waals surface area contributed by atoms with Crippen LogP contribution in [0.4, 0.5) is 18.9 Å². The molecule has 2 heterocycles. The van der Waals surface area contributed by atoms with Gasteiger partial charge >= 0.3 is 12.1 Å². The Kier molecular flexibility index (Phi) is 9.99. The number of fused-ring (bicyclic) bond motifs is 1. The van der Waals surface area contributed by atoms with E-state index >= 15 is 0 Å². The number of aryl methyl sites for hydroxylation is 1. The normalized spacial score (nSPS) is 10.9. The minimum absolute atomic E-state index is 0.157. The summed E-state index contributed by atoms with van der Waals surface area (Å²) >= 11 is 5.56. The molecule has 0 spiro atoms. The van der Waals surface area contributed by atoms with Crippen LogP contribution in [-0.4, -0.2) is 28.7 Å². The van der Waals surface area contributed by atoms with Crippen LogP contribution in [0.15, 0.2) is 97.3 Å². The Labute approximate surface area is 253 Å². The molecule has 44 heavy (non-hydrogen) atoms. The molecule has 5 aromatic rings. The van der Waals surface area contributed by atoms with Crippen molar-refractivity contribution in [2.24, 2.45) is 0 Å². The van der Waals surface area contributed by atoms with E-state index in [1.165, 1.54) is 36.7 Å². The Balaban J connectivity index is 0.000000339. The molecule has 0 aliphatic heterocycles. The first kappa shape index (κ1) is 31.7. The molecule has 0 radical (unpaired) electrons. The molecular formula is C31H23ClF3N3O6. The van der Waals surface area contributed by atoms with Crippen molar-refractivity contribution in [2.75, 3.05) is 11.9 Å². The van der Waals surface area contributed by atoms with Gasteiger partial charge in [-0.1, -0.05) is 17.7 Å². The van der Waals surface area contributed by atoms with Crippen LogP contribution in [-0.2, 0) is 15.9 Å². The van der Waals surface area contributed by atoms with Crippen LogP contribution in [0.2, 0.25) is 5.02 Å². The van der Waals surface area contributed by atoms with Gasteiger partial charge in [0.15, 0.2) is 19.0 Å². The number of halogens is 4. The lowest BCUT2D eigenvalue weighted by Crippen LogP contribution is -2.24. The number of nitrogens with one attached hydrogen (secondary N) is 1. The zero-order valence-electron chi connectivity index (χ0n) is 22.8. The standard InChI is InChI=1S/C24H18F3N3O3.C7H5ClO3/c1-15-11-22(16-3-2-10-30(32)13-16)29-21-9-6-18(12-20(15)21)28-23(31)14-33-19-7-4-17(5-8-19)24(25,26)27;8-6-3-1-2-5(4-6)7(9)11-10/h2-13H,14H2,1H3,(H,28,31);1-4,10H. The highest BCUT2D eigenvalue weighted by molar-refractivity contribution is 6.30. The summed E-state index contributed by atoms with van der Waals surface area (Å²) in [6.45, 7) is 1.55. The molecule has 9 nitrogen and oxygen atoms in total. The number of carbonyl (C=O) groups is 2. The molecule has 0 saturated heterocycles. The van der Waals surface area contributed by atoms with E-state index in [-0.39, 0.29) is 17.9 Å². The van der Waals surface area contributed by atoms with E-state index in [0.29, 0.717) is 32.2 Å². The average molecular weight is 626 g/mol. The summed E-state index contributed by atoms with van der Waals surface area (Å²) in [7, 11) is 0. The topological polar surface area (TPSA) is 125 Å². The number of benzene rings is 3. The van der Waals surface area contributed by atoms with Gasteiger partial charge in [-0.2, -0.15) is 23.2 Å². The lowest BCUT2D eigenvalue weighted by Gasteiger charge is -2.11. The second-order valence-electron chi connectivity index (χ2n) is 9.26. The van der Waals surface area contributed by atoms with Crippen molar-refractivity contribution in [1.82, 2.24) is 4.98 Å². The molecule has 2 aromatic heterocycles. The van der Waals surface area contributed by atoms with E-state index in [1.54, 1.807) is 42.5 Å². The zero-order chi connectivity index (χ0) is 31.9. The first-order valence-corrected chi connectivity index (χ1v) is 13.1. The smallest absolute Gasteiger partial charge is 0.416 e. The van der Waals surface area contributed by atoms with Crippen LogP contribution in [0, 0.1) is 12.1 Å². The molecular weight excluding hydrogens is 603 g/mol. The number of alkyl halides is 3. The Bertz CT molecular complexity index is 1800. The lowest BCUT2D eigenvalue weighted by molar-refractivity contribution is -0.604. The third kappa shape index (κ3) is 8.43. The maximum Gasteiger partial charge on any atom is 0.416 e. The van der Waals surface area contributed by atoms with Gasteiger partial charge in [0.05, 0.1) is 27.9 Å². The van der Waals surface area contributed by atoms with E-state index in [9.17, 15) is 28.0 Å². The number of anilines is 1. The van der Waals surface area contributed by atoms with Gasteiger partial charge in [-0.3, -0.25) is 9.68 Å². The molecule has 0 atom stereocenters. The number of carbonyl (C=O) groups excluding carboxylic acids is 2. The van der Waals surface area contributed by atoms with Crippen molar-refractivity contribution in [1.29, 1.82) is 0 Å². The molecule has 0 bridgehead atoms. The van der Waals surface area contributed by atoms with Crippen LogP contribution in [0.25, 0.3) is 22.2 Å². The minimum atomic E-state index is -4.43. The molecule has 226 valence electrons. The van der Waals surface area contributed by atoms with Crippen molar-refractivity contribution < 1.29 is 42.4 Å². The predicted molar refractivity (Wildman–Crippen MR) is 156 cm³/mol. The number of hydrogen-bond donors (Lipinski definition) is 2. The fourth-order valence-electron chi connectivity index (χ4n) is 3.98. The van der Waals surface area contributed by atoms with Crippen LogP contribution in [0.3, 0.4) is 0 Å². The summed E-state index contributed by atoms with van der Waals surface area (Å²) in [5, 5.41) is 23.5. The van der Waals surface area contributed by atoms with Gasteiger partial charge in [-0.25, -0.2) is 9.78 Å². The van der Waals surface area contributed by atoms with Gasteiger partial charge in [-0.15, -0.1) is 0 Å². The lowest BCUT2D eigenvalue weighted by atomic mass is 10.1. The van der Waals surface area contributed by atoms with Crippen LogP contribution in [0.1, 0.15) is 21.5 Å². The van der Waals surface area contributed by atoms with Crippen molar-refractivity contribution in [3.8, 4) is 17.0 Å². The molecule has 0 aliphatic rings. The minimum Gasteiger partial charge on any atom is -0.619 e. The Hall–Kier alpha value is -5.20. The maximum atomic E-state index is 12.6. The third-order valence-corrected chi connectivity index (χ3v) is 6.30. The quantitative estimate of drug-likeness (QED) is 0.0915. The zero-order valence-corrected chi connectivity index (χ0v) is 23.6. The second kappa shape index (κ2) is 13.8. The maximum absolute atomic E-state index is 12.6. The first-order valence-electron chi connectivity index (χ1n) is 12.7. The average Bonchev–Trinajstić information content (AvgIpc) is 3.00. The highest BCUT2D eigenvalue weighted by Gasteiger charge is 2.30. The number of aromatic nitrogens is 2. The fourth-order valence-corrected chi connectivity index (χ4v) is 4.17. The largest absolute Gasteiger partial charge is 0.619 e. The van der Waals surface area contributed by atoms with Crippen molar-refractivity contribution >= 4 is 40.1 Å². The number of amides is 1. The first-order chi connectivity index (χ1) is 20.9. The van der Waals surface area contributed by atoms with Crippen molar-refractivity contribution in [3.63, 3.8) is 0 Å². The molecule has 1 amide bonds. The van der Waals surface area contributed by atoms with E-state index in [4.69, 9.17) is 21.6 Å². The SMILES string of the molecule is Cc1cc(-c2ccc[n+]([O-])c2)nc2ccc(NC(=O)COc3ccc(C(F)(F)F)cc3)cc12.O=C(OO)c1cccc(Cl)c1. The van der Waals surface area contributed by atoms with Crippen LogP contribution in [0.5, 0.6) is 5.75 Å². The van der Waals surface area contributed by atoms with Gasteiger partial charge in [0.2, 0.25) is 0 Å². The molecule has 0 unspecified atom stereocenters. The van der Waals surface area contributed by atoms with Gasteiger partial charge < -0.3 is 15.3 Å². The van der Waals surface area contributed by atoms with E-state index in [1.807, 2.05) is 13.0 Å². The predicted octanol–water partition coefficient (Wildman–Crippen LogP) is 6.85. The van der Waals surface area contributed by atoms with Crippen LogP contribution < -0.4 is 14.8 Å². The number of ether oxygens (including phenoxy) is 1. The van der Waals surface area contributed by atoms with Gasteiger partial charge in [-0.05, 0) is 85.3 Å². The third-order valence-electron chi connectivity index (χ3n) is 6.06. The highest BCUT2D eigenvalue weighted by Crippen LogP contribution is 2.30. The van der Waals surface area contributed by atoms with E-state index < -0.39 is 23.6 Å². The van der Waals surface area contributed by atoms with E-state index in [0.717, 1.165) is 23.1 Å². The second-order valence-corrected chi connectivity index (χ2v) is 9.69. The van der Waals surface area contributed by atoms with Gasteiger partial charge in [0.25, 0.3) is 5.91 Å². The molecule has 3 aromatic carbocycles. The highest BCUT2D eigenvalue weighted by atomic mass is 35.5. The Morgan fingerprint density at radius 1 is 1.02 bits per heavy atom. The molecule has 0 aliphatic carbocycles. The molecule has 13 heteroatoms. The number of hydrogen-bond acceptors (Lipinski definition) is 7. The van der Waals surface area contributed by atoms with Crippen molar-refractivity contribution in [2.45, 2.75) is 13.1 Å². The van der Waals surface area contributed by atoms with E-state index in [2.05, 4.69) is 15.2 Å². The Morgan fingerprint density at radius 2 is 1.77 bits per heavy atom. The monoisotopic (exact) mass is 625 g/mol. The molecule has 0 saturated carbocycles. The summed E-state index contributed by atoms with van der Waals surface area (Å²) in [6, 6.07) is 20.8. The molecule has 0 fully saturated rings. The molecule has 5 rings (SSSR count). The Morgan fingerprint density at radius 3 is 2.43 bits per heavy atom. The van der Waals surface area contributed by atoms with Crippen LogP contribution >= 0.6 is 11.6 Å². The molecule has 2 N–H and O–H groups in total. The number of rotatable bonds is 6. The summed E-state index contributed by atoms with van der Waals surface area (Å²) in [4.78, 5) is 31.0. The summed E-state index contributed by atoms with van der Waals surface area (Å²) in [5.74, 6) is -1.11. The summed E-state index contributed by atoms with van der Waals surface area (Å²) < 4.78 is 43.8. The number of nitrogens with zero attached hydrogens (tertiary/aromatic N) is 2. The summed E-state index contributed by atoms with van der Waals surface area (Å²) in [6.07, 6.45) is -1.59. The summed E-state index contributed by atoms with van der Waals surface area (Å²) in [5.41, 5.74) is 2.92. The van der Waals surface area contributed by atoms with Gasteiger partial charge in [0, 0.05) is 22.2 Å². The van der Waals surface area contributed by atoms with Crippen molar-refractivity contribution in [3.05, 3.63) is 124 Å². The fraction of sp³-hybridized carbons (Fsp3) is 0.0968.